The van der Waals surface area contributed by atoms with Crippen LogP contribution < -0.4 is 0 Å². The molecule has 0 heterocycles. The van der Waals surface area contributed by atoms with Crippen LogP contribution >= 0.6 is 0 Å². The molecule has 0 aromatic heterocycles. The van der Waals surface area contributed by atoms with E-state index in [0.29, 0.717) is 0 Å². The molecule has 0 aromatic carbocycles. The van der Waals surface area contributed by atoms with Gasteiger partial charge in [0.2, 0.25) is 0 Å². The van der Waals surface area contributed by atoms with Crippen molar-refractivity contribution in [1.82, 2.24) is 4.90 Å². The van der Waals surface area contributed by atoms with Crippen LogP contribution in [0.25, 0.3) is 0 Å². The molecule has 0 radical (unpaired) electrons. The first-order chi connectivity index (χ1) is 4.31. The summed E-state index contributed by atoms with van der Waals surface area (Å²) in [7, 11) is 2.07. The van der Waals surface area contributed by atoms with E-state index >= 15 is 0 Å². The van der Waals surface area contributed by atoms with E-state index in [2.05, 4.69) is 25.1 Å². The van der Waals surface area contributed by atoms with Crippen LogP contribution in [0.15, 0.2) is 25.3 Å². The van der Waals surface area contributed by atoms with E-state index in [0.717, 1.165) is 19.5 Å². The zero-order valence-electron chi connectivity index (χ0n) is 6.14. The van der Waals surface area contributed by atoms with Crippen molar-refractivity contribution < 1.29 is 0 Å². The highest BCUT2D eigenvalue weighted by atomic mass is 15.1. The maximum atomic E-state index is 3.64. The summed E-state index contributed by atoms with van der Waals surface area (Å²) in [6.45, 7) is 9.33. The smallest absolute Gasteiger partial charge is 0.0157 e. The molecule has 0 rings (SSSR count). The van der Waals surface area contributed by atoms with E-state index < -0.39 is 0 Å². The molecule has 9 heavy (non-hydrogen) atoms. The molecule has 1 nitrogen and oxygen atoms in total. The van der Waals surface area contributed by atoms with E-state index in [1.54, 1.807) is 0 Å². The van der Waals surface area contributed by atoms with Crippen molar-refractivity contribution in [3.63, 3.8) is 0 Å². The minimum absolute atomic E-state index is 0.966. The average molecular weight is 125 g/mol. The molecule has 0 aromatic rings. The Morgan fingerprint density at radius 1 is 1.33 bits per heavy atom. The van der Waals surface area contributed by atoms with Gasteiger partial charge < -0.3 is 4.90 Å². The Bertz CT molecular complexity index is 86.6. The van der Waals surface area contributed by atoms with Crippen molar-refractivity contribution >= 4 is 0 Å². The van der Waals surface area contributed by atoms with Gasteiger partial charge in [-0.1, -0.05) is 12.2 Å². The quantitative estimate of drug-likeness (QED) is 0.505. The van der Waals surface area contributed by atoms with Gasteiger partial charge in [0.1, 0.15) is 0 Å². The fourth-order valence-corrected chi connectivity index (χ4v) is 0.623. The van der Waals surface area contributed by atoms with Gasteiger partial charge in [0.15, 0.2) is 0 Å². The number of nitrogens with zero attached hydrogens (tertiary/aromatic N) is 1. The van der Waals surface area contributed by atoms with E-state index in [4.69, 9.17) is 0 Å². The lowest BCUT2D eigenvalue weighted by atomic mass is 10.4. The van der Waals surface area contributed by atoms with Crippen LogP contribution in [-0.4, -0.2) is 25.0 Å². The summed E-state index contributed by atoms with van der Waals surface area (Å²) < 4.78 is 0. The second kappa shape index (κ2) is 5.57. The third-order valence-corrected chi connectivity index (χ3v) is 1.16. The number of likely N-dealkylation sites (N-methyl/N-ethyl adjacent to an activating group) is 1. The van der Waals surface area contributed by atoms with Gasteiger partial charge >= 0.3 is 0 Å². The van der Waals surface area contributed by atoms with E-state index in [1.807, 2.05) is 12.2 Å². The lowest BCUT2D eigenvalue weighted by molar-refractivity contribution is 0.378. The Hall–Kier alpha value is -0.560. The standard InChI is InChI=1S/C8H15N/c1-4-6-8-9(3)7-5-2/h4-5H,1-2,6-8H2,3H3. The summed E-state index contributed by atoms with van der Waals surface area (Å²) in [5, 5.41) is 0. The average Bonchev–Trinajstić information content (AvgIpc) is 1.85. The van der Waals surface area contributed by atoms with Gasteiger partial charge in [-0.15, -0.1) is 13.2 Å². The molecule has 52 valence electrons. The van der Waals surface area contributed by atoms with Gasteiger partial charge in [-0.2, -0.15) is 0 Å². The van der Waals surface area contributed by atoms with Crippen molar-refractivity contribution in [2.45, 2.75) is 6.42 Å². The van der Waals surface area contributed by atoms with Crippen LogP contribution in [0.2, 0.25) is 0 Å². The summed E-state index contributed by atoms with van der Waals surface area (Å²) in [5.74, 6) is 0. The molecule has 0 atom stereocenters. The van der Waals surface area contributed by atoms with Gasteiger partial charge in [-0.3, -0.25) is 0 Å². The van der Waals surface area contributed by atoms with Crippen LogP contribution in [0.1, 0.15) is 6.42 Å². The van der Waals surface area contributed by atoms with Crippen LogP contribution in [0.5, 0.6) is 0 Å². The number of hydrogen-bond acceptors (Lipinski definition) is 1. The Morgan fingerprint density at radius 3 is 2.44 bits per heavy atom. The fraction of sp³-hybridized carbons (Fsp3) is 0.500. The molecule has 0 spiro atoms. The van der Waals surface area contributed by atoms with E-state index in [1.165, 1.54) is 0 Å². The third kappa shape index (κ3) is 5.31. The highest BCUT2D eigenvalue weighted by molar-refractivity contribution is 4.74. The predicted octanol–water partition coefficient (Wildman–Crippen LogP) is 1.68. The molecule has 0 amide bonds. The second-order valence-corrected chi connectivity index (χ2v) is 2.13. The largest absolute Gasteiger partial charge is 0.302 e. The first-order valence-electron chi connectivity index (χ1n) is 3.21. The molecule has 0 saturated carbocycles. The molecule has 0 fully saturated rings. The Labute approximate surface area is 57.7 Å². The van der Waals surface area contributed by atoms with Crippen LogP contribution in [0.4, 0.5) is 0 Å². The molecule has 0 unspecified atom stereocenters. The van der Waals surface area contributed by atoms with Crippen molar-refractivity contribution in [3.8, 4) is 0 Å². The van der Waals surface area contributed by atoms with Gasteiger partial charge in [0.05, 0.1) is 0 Å². The predicted molar refractivity (Wildman–Crippen MR) is 42.5 cm³/mol. The Kier molecular flexibility index (Phi) is 5.23. The zero-order chi connectivity index (χ0) is 7.11. The molecule has 0 aliphatic heterocycles. The van der Waals surface area contributed by atoms with Crippen molar-refractivity contribution in [2.24, 2.45) is 0 Å². The Morgan fingerprint density at radius 2 is 2.00 bits per heavy atom. The van der Waals surface area contributed by atoms with Gasteiger partial charge in [0.25, 0.3) is 0 Å². The summed E-state index contributed by atoms with van der Waals surface area (Å²) in [6, 6.07) is 0. The summed E-state index contributed by atoms with van der Waals surface area (Å²) in [6.07, 6.45) is 4.90. The van der Waals surface area contributed by atoms with Crippen molar-refractivity contribution in [1.29, 1.82) is 0 Å². The number of hydrogen-bond donors (Lipinski definition) is 0. The Balaban J connectivity index is 3.14. The van der Waals surface area contributed by atoms with E-state index in [-0.39, 0.29) is 0 Å². The molecular weight excluding hydrogens is 110 g/mol. The molecular formula is C8H15N. The molecule has 0 N–H and O–H groups in total. The SMILES string of the molecule is C=CCCN(C)CC=C. The molecule has 0 aliphatic rings. The molecule has 0 bridgehead atoms. The van der Waals surface area contributed by atoms with Crippen molar-refractivity contribution in [3.05, 3.63) is 25.3 Å². The zero-order valence-corrected chi connectivity index (χ0v) is 6.14. The minimum atomic E-state index is 0.966. The van der Waals surface area contributed by atoms with E-state index in [9.17, 15) is 0 Å². The van der Waals surface area contributed by atoms with Gasteiger partial charge in [0, 0.05) is 13.1 Å². The topological polar surface area (TPSA) is 3.24 Å². The highest BCUT2D eigenvalue weighted by Crippen LogP contribution is 1.86. The maximum Gasteiger partial charge on any atom is 0.0157 e. The highest BCUT2D eigenvalue weighted by Gasteiger charge is 1.89. The maximum absolute atomic E-state index is 3.64. The number of rotatable bonds is 5. The fourth-order valence-electron chi connectivity index (χ4n) is 0.623. The monoisotopic (exact) mass is 125 g/mol. The van der Waals surface area contributed by atoms with Crippen LogP contribution in [0, 0.1) is 0 Å². The van der Waals surface area contributed by atoms with Gasteiger partial charge in [-0.05, 0) is 13.5 Å². The van der Waals surface area contributed by atoms with Gasteiger partial charge in [-0.25, -0.2) is 0 Å². The lowest BCUT2D eigenvalue weighted by Gasteiger charge is -2.11. The third-order valence-electron chi connectivity index (χ3n) is 1.16. The van der Waals surface area contributed by atoms with Crippen LogP contribution in [-0.2, 0) is 0 Å². The first-order valence-corrected chi connectivity index (χ1v) is 3.21. The molecule has 0 saturated heterocycles. The minimum Gasteiger partial charge on any atom is -0.302 e. The first kappa shape index (κ1) is 8.44. The van der Waals surface area contributed by atoms with Crippen molar-refractivity contribution in [2.75, 3.05) is 20.1 Å². The van der Waals surface area contributed by atoms with Crippen LogP contribution in [0.3, 0.4) is 0 Å². The molecule has 0 aliphatic carbocycles. The molecule has 1 heteroatoms. The summed E-state index contributed by atoms with van der Waals surface area (Å²) in [4.78, 5) is 2.20. The summed E-state index contributed by atoms with van der Waals surface area (Å²) >= 11 is 0. The lowest BCUT2D eigenvalue weighted by Crippen LogP contribution is -2.18. The normalized spacial score (nSPS) is 9.56. The summed E-state index contributed by atoms with van der Waals surface area (Å²) in [5.41, 5.74) is 0. The second-order valence-electron chi connectivity index (χ2n) is 2.13.